The van der Waals surface area contributed by atoms with Crippen LogP contribution in [-0.2, 0) is 19.4 Å². The fourth-order valence-corrected chi connectivity index (χ4v) is 5.06. The van der Waals surface area contributed by atoms with Crippen LogP contribution in [0.25, 0.3) is 17.0 Å². The number of aromatic nitrogens is 1. The lowest BCUT2D eigenvalue weighted by Gasteiger charge is -2.31. The molecule has 0 amide bonds. The van der Waals surface area contributed by atoms with Crippen LogP contribution in [0.1, 0.15) is 41.6 Å². The van der Waals surface area contributed by atoms with Gasteiger partial charge in [-0.3, -0.25) is 0 Å². The molecule has 1 aromatic heterocycles. The molecule has 5 rings (SSSR count). The molecular formula is C28H35ClN4. The highest BCUT2D eigenvalue weighted by atomic mass is 35.5. The third-order valence-electron chi connectivity index (χ3n) is 6.54. The molecule has 1 aliphatic heterocycles. The van der Waals surface area contributed by atoms with Crippen LogP contribution in [-0.4, -0.2) is 36.1 Å². The number of likely N-dealkylation sites (tertiary alicyclic amines) is 1. The number of likely N-dealkylation sites (N-methyl/N-ethyl adjacent to an activating group) is 1. The number of nitrogens with zero attached hydrogens (tertiary/aromatic N) is 1. The van der Waals surface area contributed by atoms with Gasteiger partial charge in [0.1, 0.15) is 0 Å². The zero-order valence-corrected chi connectivity index (χ0v) is 20.3. The van der Waals surface area contributed by atoms with Crippen molar-refractivity contribution in [3.8, 4) is 0 Å². The van der Waals surface area contributed by atoms with Gasteiger partial charge in [0.15, 0.2) is 0 Å². The zero-order valence-electron chi connectivity index (χ0n) is 19.6. The molecule has 1 saturated heterocycles. The van der Waals surface area contributed by atoms with E-state index in [-0.39, 0.29) is 0 Å². The van der Waals surface area contributed by atoms with Crippen LogP contribution in [0.2, 0.25) is 5.02 Å². The molecule has 33 heavy (non-hydrogen) atoms. The van der Waals surface area contributed by atoms with Crippen LogP contribution in [0.4, 0.5) is 0 Å². The van der Waals surface area contributed by atoms with E-state index in [9.17, 15) is 0 Å². The van der Waals surface area contributed by atoms with Crippen LogP contribution < -0.4 is 10.6 Å². The minimum atomic E-state index is 0.486. The molecule has 2 aliphatic rings. The number of aromatic amines is 1. The zero-order chi connectivity index (χ0) is 23.2. The Labute approximate surface area is 202 Å². The molecule has 1 atom stereocenters. The molecule has 2 heterocycles. The van der Waals surface area contributed by atoms with Gasteiger partial charge in [-0.15, -0.1) is 0 Å². The second kappa shape index (κ2) is 11.0. The molecule has 0 radical (unpaired) electrons. The Bertz CT molecular complexity index is 1120. The smallest absolute Gasteiger partial charge is 0.0918 e. The van der Waals surface area contributed by atoms with Crippen LogP contribution in [0.15, 0.2) is 61.4 Å². The SMILES string of the molecule is C=C(NCc1cc2cc(Cl)ccc2[nH]1)NC1CCCN(C)C1.C=Cc1cccc2c1CCC2. The van der Waals surface area contributed by atoms with Crippen molar-refractivity contribution in [2.24, 2.45) is 0 Å². The normalized spacial score (nSPS) is 17.7. The molecule has 0 bridgehead atoms. The first-order valence-electron chi connectivity index (χ1n) is 11.9. The van der Waals surface area contributed by atoms with Gasteiger partial charge < -0.3 is 20.5 Å². The van der Waals surface area contributed by atoms with E-state index in [1.165, 1.54) is 55.3 Å². The van der Waals surface area contributed by atoms with E-state index >= 15 is 0 Å². The Hall–Kier alpha value is -2.69. The first kappa shape index (κ1) is 23.5. The van der Waals surface area contributed by atoms with Crippen molar-refractivity contribution in [3.63, 3.8) is 0 Å². The molecule has 1 aliphatic carbocycles. The maximum absolute atomic E-state index is 6.02. The minimum Gasteiger partial charge on any atom is -0.368 e. The highest BCUT2D eigenvalue weighted by Gasteiger charge is 2.17. The number of benzene rings is 2. The highest BCUT2D eigenvalue weighted by Crippen LogP contribution is 2.25. The number of hydrogen-bond acceptors (Lipinski definition) is 3. The van der Waals surface area contributed by atoms with Gasteiger partial charge in [0.2, 0.25) is 0 Å². The topological polar surface area (TPSA) is 43.1 Å². The summed E-state index contributed by atoms with van der Waals surface area (Å²) in [5.41, 5.74) is 6.62. The quantitative estimate of drug-likeness (QED) is 0.428. The summed E-state index contributed by atoms with van der Waals surface area (Å²) in [4.78, 5) is 5.75. The van der Waals surface area contributed by atoms with Crippen molar-refractivity contribution in [2.75, 3.05) is 20.1 Å². The van der Waals surface area contributed by atoms with Crippen molar-refractivity contribution in [2.45, 2.75) is 44.7 Å². The van der Waals surface area contributed by atoms with Crippen molar-refractivity contribution in [1.82, 2.24) is 20.5 Å². The molecule has 4 nitrogen and oxygen atoms in total. The second-order valence-electron chi connectivity index (χ2n) is 9.15. The number of halogens is 1. The molecule has 5 heteroatoms. The van der Waals surface area contributed by atoms with E-state index in [4.69, 9.17) is 11.6 Å². The number of piperidine rings is 1. The van der Waals surface area contributed by atoms with E-state index < -0.39 is 0 Å². The minimum absolute atomic E-state index is 0.486. The Morgan fingerprint density at radius 1 is 1.21 bits per heavy atom. The fraction of sp³-hybridized carbons (Fsp3) is 0.357. The van der Waals surface area contributed by atoms with Crippen molar-refractivity contribution in [1.29, 1.82) is 0 Å². The Balaban J connectivity index is 0.000000196. The van der Waals surface area contributed by atoms with Crippen LogP contribution in [0.5, 0.6) is 0 Å². The molecule has 0 saturated carbocycles. The van der Waals surface area contributed by atoms with Gasteiger partial charge in [0.05, 0.1) is 12.4 Å². The summed E-state index contributed by atoms with van der Waals surface area (Å²) in [6.07, 6.45) is 8.24. The largest absolute Gasteiger partial charge is 0.368 e. The molecule has 1 fully saturated rings. The van der Waals surface area contributed by atoms with Gasteiger partial charge in [-0.25, -0.2) is 0 Å². The molecule has 3 N–H and O–H groups in total. The molecule has 1 unspecified atom stereocenters. The summed E-state index contributed by atoms with van der Waals surface area (Å²) in [7, 11) is 2.17. The van der Waals surface area contributed by atoms with E-state index in [2.05, 4.69) is 65.0 Å². The first-order chi connectivity index (χ1) is 16.0. The summed E-state index contributed by atoms with van der Waals surface area (Å²) in [6, 6.07) is 15.0. The first-order valence-corrected chi connectivity index (χ1v) is 12.3. The monoisotopic (exact) mass is 462 g/mol. The summed E-state index contributed by atoms with van der Waals surface area (Å²) in [6.45, 7) is 10.9. The van der Waals surface area contributed by atoms with Crippen molar-refractivity contribution < 1.29 is 0 Å². The van der Waals surface area contributed by atoms with Gasteiger partial charge in [0.25, 0.3) is 0 Å². The van der Waals surface area contributed by atoms with Crippen molar-refractivity contribution >= 4 is 28.6 Å². The molecule has 2 aromatic carbocycles. The van der Waals surface area contributed by atoms with E-state index in [0.29, 0.717) is 6.04 Å². The summed E-state index contributed by atoms with van der Waals surface area (Å²) >= 11 is 6.02. The van der Waals surface area contributed by atoms with Crippen LogP contribution >= 0.6 is 11.6 Å². The van der Waals surface area contributed by atoms with Crippen LogP contribution in [0, 0.1) is 0 Å². The van der Waals surface area contributed by atoms with Gasteiger partial charge >= 0.3 is 0 Å². The Morgan fingerprint density at radius 3 is 2.91 bits per heavy atom. The maximum atomic E-state index is 6.02. The van der Waals surface area contributed by atoms with Crippen molar-refractivity contribution in [3.05, 3.63) is 88.9 Å². The molecule has 174 valence electrons. The number of rotatable bonds is 6. The van der Waals surface area contributed by atoms with Crippen LogP contribution in [0.3, 0.4) is 0 Å². The van der Waals surface area contributed by atoms with Gasteiger partial charge in [-0.2, -0.15) is 0 Å². The number of fused-ring (bicyclic) bond motifs is 2. The molecule has 3 aromatic rings. The van der Waals surface area contributed by atoms with Gasteiger partial charge in [-0.1, -0.05) is 49.0 Å². The van der Waals surface area contributed by atoms with Gasteiger partial charge in [0, 0.05) is 34.2 Å². The lowest BCUT2D eigenvalue weighted by Crippen LogP contribution is -2.45. The number of hydrogen-bond donors (Lipinski definition) is 3. The summed E-state index contributed by atoms with van der Waals surface area (Å²) in [5, 5.41) is 8.73. The fourth-order valence-electron chi connectivity index (χ4n) is 4.88. The Morgan fingerprint density at radius 2 is 2.09 bits per heavy atom. The third-order valence-corrected chi connectivity index (χ3v) is 6.77. The second-order valence-corrected chi connectivity index (χ2v) is 9.58. The lowest BCUT2D eigenvalue weighted by molar-refractivity contribution is 0.233. The van der Waals surface area contributed by atoms with E-state index in [1.807, 2.05) is 24.3 Å². The average molecular weight is 463 g/mol. The maximum Gasteiger partial charge on any atom is 0.0918 e. The number of nitrogens with one attached hydrogen (secondary N) is 3. The van der Waals surface area contributed by atoms with Gasteiger partial charge in [-0.05, 0) is 86.7 Å². The van der Waals surface area contributed by atoms with E-state index in [0.717, 1.165) is 40.5 Å². The third kappa shape index (κ3) is 6.21. The molecular weight excluding hydrogens is 428 g/mol. The predicted molar refractivity (Wildman–Crippen MR) is 142 cm³/mol. The average Bonchev–Trinajstić information content (AvgIpc) is 3.44. The lowest BCUT2D eigenvalue weighted by atomic mass is 10.0. The predicted octanol–water partition coefficient (Wildman–Crippen LogP) is 5.88. The summed E-state index contributed by atoms with van der Waals surface area (Å²) < 4.78 is 0. The Kier molecular flexibility index (Phi) is 7.79. The molecule has 0 spiro atoms. The highest BCUT2D eigenvalue weighted by molar-refractivity contribution is 6.31. The number of H-pyrrole nitrogens is 1. The number of aryl methyl sites for hydroxylation is 1. The standard InChI is InChI=1S/C17H23ClN4.C11H12/c1-12(20-15-4-3-7-22(2)11-15)19-10-16-9-13-8-14(18)5-6-17(13)21-16;1-2-9-5-3-6-10-7-4-8-11(9)10/h5-6,8-9,15,19-21H,1,3-4,7,10-11H2,2H3;2-3,5-6H,1,4,7-8H2. The summed E-state index contributed by atoms with van der Waals surface area (Å²) in [5.74, 6) is 0.886. The van der Waals surface area contributed by atoms with E-state index in [1.54, 1.807) is 0 Å².